The lowest BCUT2D eigenvalue weighted by molar-refractivity contribution is 0.347. The molecule has 0 bridgehead atoms. The molecular formula is C39H52O9Si. The largest absolute Gasteiger partial charge is 0.497 e. The second-order valence-corrected chi connectivity index (χ2v) is 16.5. The van der Waals surface area contributed by atoms with Crippen LogP contribution >= 0.6 is 0 Å². The van der Waals surface area contributed by atoms with Gasteiger partial charge in [-0.25, -0.2) is 0 Å². The number of hydrogen-bond donors (Lipinski definition) is 0. The molecule has 49 heavy (non-hydrogen) atoms. The van der Waals surface area contributed by atoms with Crippen molar-refractivity contribution in [2.24, 2.45) is 0 Å². The molecule has 10 heteroatoms. The lowest BCUT2D eigenvalue weighted by Gasteiger charge is -2.50. The maximum Gasteiger partial charge on any atom is 0.177 e. The van der Waals surface area contributed by atoms with Gasteiger partial charge in [0.05, 0.1) is 64.0 Å². The van der Waals surface area contributed by atoms with Crippen LogP contribution in [0.3, 0.4) is 0 Å². The summed E-state index contributed by atoms with van der Waals surface area (Å²) in [5.41, 5.74) is 6.20. The minimum absolute atomic E-state index is 0.558. The van der Waals surface area contributed by atoms with Crippen LogP contribution in [-0.2, 0) is 0 Å². The Bertz CT molecular complexity index is 1660. The highest BCUT2D eigenvalue weighted by molar-refractivity contribution is 7.16. The Morgan fingerprint density at radius 2 is 0.714 bits per heavy atom. The van der Waals surface area contributed by atoms with Crippen molar-refractivity contribution >= 4 is 23.6 Å². The van der Waals surface area contributed by atoms with Gasteiger partial charge in [-0.1, -0.05) is 24.1 Å². The summed E-state index contributed by atoms with van der Waals surface area (Å²) in [5.74, 6) is 5.39. The van der Waals surface area contributed by atoms with Crippen LogP contribution in [0.5, 0.6) is 51.7 Å². The Hall–Kier alpha value is -4.44. The zero-order valence-corrected chi connectivity index (χ0v) is 33.0. The summed E-state index contributed by atoms with van der Waals surface area (Å²) in [6, 6.07) is 5.73. The first kappa shape index (κ1) is 37.4. The molecule has 0 amide bonds. The summed E-state index contributed by atoms with van der Waals surface area (Å²) >= 11 is 0. The first-order valence-corrected chi connectivity index (χ1v) is 18.1. The monoisotopic (exact) mass is 692 g/mol. The number of ether oxygens (including phenoxy) is 9. The highest BCUT2D eigenvalue weighted by Gasteiger charge is 2.62. The van der Waals surface area contributed by atoms with E-state index in [1.807, 2.05) is 18.2 Å². The Kier molecular flexibility index (Phi) is 10.8. The molecule has 4 rings (SSSR count). The second kappa shape index (κ2) is 14.2. The summed E-state index contributed by atoms with van der Waals surface area (Å²) < 4.78 is 55.3. The molecule has 0 N–H and O–H groups in total. The summed E-state index contributed by atoms with van der Waals surface area (Å²) in [4.78, 5) is 0. The van der Waals surface area contributed by atoms with E-state index in [0.717, 1.165) is 32.3 Å². The van der Waals surface area contributed by atoms with E-state index in [0.29, 0.717) is 51.7 Å². The van der Waals surface area contributed by atoms with Gasteiger partial charge in [0.25, 0.3) is 0 Å². The van der Waals surface area contributed by atoms with Crippen LogP contribution in [0.15, 0.2) is 41.0 Å². The number of rotatable bonds is 13. The lowest BCUT2D eigenvalue weighted by atomic mass is 10.0. The van der Waals surface area contributed by atoms with Gasteiger partial charge in [-0.2, -0.15) is 0 Å². The molecule has 3 aromatic rings. The van der Waals surface area contributed by atoms with Crippen LogP contribution in [0.1, 0.15) is 44.4 Å². The average molecular weight is 693 g/mol. The average Bonchev–Trinajstić information content (AvgIpc) is 3.30. The summed E-state index contributed by atoms with van der Waals surface area (Å²) in [7, 11) is 11.2. The molecule has 0 fully saturated rings. The fourth-order valence-corrected chi connectivity index (χ4v) is 15.3. The SMILES string of the molecule is COc1cc(OC)c([Si](c2c(OC)cc(OC)c(OC)c2C)(c2c(OC)cc(OC)c(OC)c2C)C2(C)C=C(C)C(C)=C2C)c(C)c1OC. The van der Waals surface area contributed by atoms with Gasteiger partial charge >= 0.3 is 0 Å². The van der Waals surface area contributed by atoms with Crippen LogP contribution < -0.4 is 58.2 Å². The van der Waals surface area contributed by atoms with Crippen molar-refractivity contribution in [3.8, 4) is 51.7 Å². The summed E-state index contributed by atoms with van der Waals surface area (Å²) in [6.45, 7) is 15.1. The molecule has 0 radical (unpaired) electrons. The van der Waals surface area contributed by atoms with Crippen LogP contribution in [0.4, 0.5) is 0 Å². The summed E-state index contributed by atoms with van der Waals surface area (Å²) in [5, 5.41) is 2.20. The topological polar surface area (TPSA) is 83.1 Å². The normalized spacial score (nSPS) is 15.9. The van der Waals surface area contributed by atoms with Crippen LogP contribution in [0.25, 0.3) is 0 Å². The van der Waals surface area contributed by atoms with E-state index in [-0.39, 0.29) is 0 Å². The van der Waals surface area contributed by atoms with E-state index in [1.54, 1.807) is 64.0 Å². The molecule has 0 aromatic heterocycles. The molecule has 1 atom stereocenters. The smallest absolute Gasteiger partial charge is 0.177 e. The first-order valence-electron chi connectivity index (χ1n) is 16.1. The van der Waals surface area contributed by atoms with Crippen LogP contribution in [0.2, 0.25) is 5.04 Å². The molecule has 1 aliphatic rings. The number of allylic oxidation sites excluding steroid dienone is 4. The standard InChI is InChI=1S/C39H52O9Si/c1-21-20-39(7,26(6)22(21)2)49(36-23(3)33(46-14)27(40-8)17-30(36)43-11,37-24(4)34(47-15)28(41-9)18-31(37)44-12)38-25(5)35(48-16)29(42-10)19-32(38)45-13/h17-20H,1-16H3. The third-order valence-electron chi connectivity index (χ3n) is 10.6. The van der Waals surface area contributed by atoms with Gasteiger partial charge in [0.1, 0.15) is 17.2 Å². The van der Waals surface area contributed by atoms with Crippen molar-refractivity contribution in [3.63, 3.8) is 0 Å². The van der Waals surface area contributed by atoms with Gasteiger partial charge < -0.3 is 42.6 Å². The quantitative estimate of drug-likeness (QED) is 0.153. The minimum Gasteiger partial charge on any atom is -0.497 e. The van der Waals surface area contributed by atoms with Crippen molar-refractivity contribution in [3.05, 3.63) is 57.7 Å². The van der Waals surface area contributed by atoms with Crippen molar-refractivity contribution in [1.29, 1.82) is 0 Å². The lowest BCUT2D eigenvalue weighted by Crippen LogP contribution is -2.75. The van der Waals surface area contributed by atoms with E-state index < -0.39 is 13.1 Å². The molecule has 0 saturated heterocycles. The number of benzene rings is 3. The van der Waals surface area contributed by atoms with E-state index >= 15 is 0 Å². The predicted molar refractivity (Wildman–Crippen MR) is 198 cm³/mol. The van der Waals surface area contributed by atoms with Gasteiger partial charge in [0.15, 0.2) is 42.6 Å². The maximum atomic E-state index is 6.41. The van der Waals surface area contributed by atoms with Crippen LogP contribution in [0, 0.1) is 20.8 Å². The van der Waals surface area contributed by atoms with E-state index in [2.05, 4.69) is 54.5 Å². The molecule has 3 aromatic carbocycles. The predicted octanol–water partition coefficient (Wildman–Crippen LogP) is 6.22. The van der Waals surface area contributed by atoms with Gasteiger partial charge in [-0.15, -0.1) is 0 Å². The Labute approximate surface area is 292 Å². The molecule has 0 spiro atoms. The van der Waals surface area contributed by atoms with Gasteiger partial charge in [0, 0.05) is 23.2 Å². The maximum absolute atomic E-state index is 6.41. The van der Waals surface area contributed by atoms with Gasteiger partial charge in [-0.3, -0.25) is 0 Å². The highest BCUT2D eigenvalue weighted by atomic mass is 28.3. The van der Waals surface area contributed by atoms with E-state index in [9.17, 15) is 0 Å². The Balaban J connectivity index is 2.63. The van der Waals surface area contributed by atoms with E-state index in [4.69, 9.17) is 42.6 Å². The first-order chi connectivity index (χ1) is 23.3. The van der Waals surface area contributed by atoms with Crippen LogP contribution in [-0.4, -0.2) is 72.1 Å². The molecule has 0 heterocycles. The minimum atomic E-state index is -3.76. The highest BCUT2D eigenvalue weighted by Crippen LogP contribution is 2.57. The van der Waals surface area contributed by atoms with Gasteiger partial charge in [0.2, 0.25) is 0 Å². The fraction of sp³-hybridized carbons (Fsp3) is 0.436. The summed E-state index contributed by atoms with van der Waals surface area (Å²) in [6.07, 6.45) is 2.39. The third kappa shape index (κ3) is 5.26. The van der Waals surface area contributed by atoms with Crippen molar-refractivity contribution in [2.45, 2.75) is 53.5 Å². The zero-order valence-electron chi connectivity index (χ0n) is 32.0. The Morgan fingerprint density at radius 3 is 0.918 bits per heavy atom. The zero-order chi connectivity index (χ0) is 36.6. The molecule has 0 saturated carbocycles. The van der Waals surface area contributed by atoms with E-state index in [1.165, 1.54) is 16.7 Å². The molecular weight excluding hydrogens is 641 g/mol. The Morgan fingerprint density at radius 1 is 0.429 bits per heavy atom. The van der Waals surface area contributed by atoms with Gasteiger partial charge in [-0.05, 0) is 79.4 Å². The third-order valence-corrected chi connectivity index (χ3v) is 16.8. The van der Waals surface area contributed by atoms with Crippen molar-refractivity contribution in [2.75, 3.05) is 64.0 Å². The molecule has 266 valence electrons. The molecule has 1 unspecified atom stereocenters. The molecule has 1 aliphatic carbocycles. The van der Waals surface area contributed by atoms with Crippen molar-refractivity contribution < 1.29 is 42.6 Å². The number of methoxy groups -OCH3 is 9. The molecule has 0 aliphatic heterocycles. The number of hydrogen-bond acceptors (Lipinski definition) is 9. The second-order valence-electron chi connectivity index (χ2n) is 12.5. The van der Waals surface area contributed by atoms with Crippen molar-refractivity contribution in [1.82, 2.24) is 0 Å². The fourth-order valence-electron chi connectivity index (χ4n) is 8.20. The molecule has 9 nitrogen and oxygen atoms in total.